The van der Waals surface area contributed by atoms with Crippen LogP contribution in [0.4, 0.5) is 0 Å². The highest BCUT2D eigenvalue weighted by Crippen LogP contribution is 2.41. The molecule has 24 heavy (non-hydrogen) atoms. The third-order valence-corrected chi connectivity index (χ3v) is 5.33. The van der Waals surface area contributed by atoms with E-state index in [2.05, 4.69) is 20.4 Å². The van der Waals surface area contributed by atoms with Gasteiger partial charge < -0.3 is 15.8 Å². The van der Waals surface area contributed by atoms with Crippen molar-refractivity contribution in [3.63, 3.8) is 0 Å². The van der Waals surface area contributed by atoms with Gasteiger partial charge in [0.2, 0.25) is 5.91 Å². The first-order chi connectivity index (χ1) is 11.6. The number of carbonyl (C=O) groups excluding carboxylic acids is 2. The van der Waals surface area contributed by atoms with Crippen molar-refractivity contribution in [3.8, 4) is 0 Å². The normalized spacial score (nSPS) is 29.1. The standard InChI is InChI=1S/C16H25N5O3/c1-24-14(22)9-21-8-13(19-20-21)7-18-16(23)12-5-10-3-2-4-11(6-12)15(10)17/h8,10-12,15H,2-7,9,17H2,1H3,(H,18,23). The van der Waals surface area contributed by atoms with Crippen LogP contribution in [0.3, 0.4) is 0 Å². The fourth-order valence-corrected chi connectivity index (χ4v) is 4.02. The van der Waals surface area contributed by atoms with Crippen LogP contribution in [0.15, 0.2) is 6.20 Å². The zero-order valence-electron chi connectivity index (χ0n) is 14.0. The predicted octanol–water partition coefficient (Wildman–Crippen LogP) is 0.221. The van der Waals surface area contributed by atoms with Gasteiger partial charge in [0.1, 0.15) is 12.2 Å². The number of hydrogen-bond acceptors (Lipinski definition) is 6. The quantitative estimate of drug-likeness (QED) is 0.745. The number of methoxy groups -OCH3 is 1. The summed E-state index contributed by atoms with van der Waals surface area (Å²) in [6.07, 6.45) is 6.94. The van der Waals surface area contributed by atoms with Crippen LogP contribution in [0.2, 0.25) is 0 Å². The van der Waals surface area contributed by atoms with Crippen LogP contribution in [0.25, 0.3) is 0 Å². The van der Waals surface area contributed by atoms with Crippen molar-refractivity contribution in [1.29, 1.82) is 0 Å². The molecular weight excluding hydrogens is 310 g/mol. The van der Waals surface area contributed by atoms with E-state index in [0.717, 1.165) is 25.7 Å². The molecule has 0 aromatic carbocycles. The third kappa shape index (κ3) is 3.75. The highest BCUT2D eigenvalue weighted by molar-refractivity contribution is 5.78. The average Bonchev–Trinajstić information content (AvgIpc) is 2.99. The molecule has 2 aliphatic rings. The van der Waals surface area contributed by atoms with E-state index in [9.17, 15) is 9.59 Å². The maximum atomic E-state index is 12.5. The van der Waals surface area contributed by atoms with Crippen LogP contribution in [-0.4, -0.2) is 40.0 Å². The highest BCUT2D eigenvalue weighted by Gasteiger charge is 2.40. The zero-order chi connectivity index (χ0) is 17.1. The van der Waals surface area contributed by atoms with Gasteiger partial charge in [0.05, 0.1) is 19.9 Å². The lowest BCUT2D eigenvalue weighted by Crippen LogP contribution is -2.49. The molecule has 0 radical (unpaired) electrons. The molecule has 2 fully saturated rings. The average molecular weight is 335 g/mol. The van der Waals surface area contributed by atoms with Crippen LogP contribution in [0.5, 0.6) is 0 Å². The second kappa shape index (κ2) is 7.29. The summed E-state index contributed by atoms with van der Waals surface area (Å²) in [4.78, 5) is 23.7. The summed E-state index contributed by atoms with van der Waals surface area (Å²) in [7, 11) is 1.33. The summed E-state index contributed by atoms with van der Waals surface area (Å²) in [5.74, 6) is 0.690. The van der Waals surface area contributed by atoms with Crippen molar-refractivity contribution >= 4 is 11.9 Å². The summed E-state index contributed by atoms with van der Waals surface area (Å²) in [5.41, 5.74) is 6.90. The Morgan fingerprint density at radius 3 is 2.75 bits per heavy atom. The van der Waals surface area contributed by atoms with Gasteiger partial charge in [-0.25, -0.2) is 4.68 Å². The Balaban J connectivity index is 1.50. The number of ether oxygens (including phenoxy) is 1. The van der Waals surface area contributed by atoms with Gasteiger partial charge >= 0.3 is 5.97 Å². The molecule has 0 saturated heterocycles. The Morgan fingerprint density at radius 1 is 1.38 bits per heavy atom. The molecule has 2 aliphatic carbocycles. The minimum absolute atomic E-state index is 0.0152. The van der Waals surface area contributed by atoms with E-state index in [1.807, 2.05) is 0 Å². The van der Waals surface area contributed by atoms with E-state index < -0.39 is 0 Å². The molecule has 3 rings (SSSR count). The minimum Gasteiger partial charge on any atom is -0.468 e. The lowest BCUT2D eigenvalue weighted by atomic mass is 9.65. The molecular formula is C16H25N5O3. The van der Waals surface area contributed by atoms with Gasteiger partial charge in [0.15, 0.2) is 0 Å². The maximum Gasteiger partial charge on any atom is 0.327 e. The molecule has 1 aromatic rings. The maximum absolute atomic E-state index is 12.5. The number of amides is 1. The number of nitrogens with zero attached hydrogens (tertiary/aromatic N) is 3. The van der Waals surface area contributed by atoms with Crippen molar-refractivity contribution in [2.75, 3.05) is 7.11 Å². The molecule has 2 unspecified atom stereocenters. The van der Waals surface area contributed by atoms with Crippen molar-refractivity contribution in [2.45, 2.75) is 51.2 Å². The molecule has 1 amide bonds. The van der Waals surface area contributed by atoms with Crippen molar-refractivity contribution < 1.29 is 14.3 Å². The summed E-state index contributed by atoms with van der Waals surface area (Å²) in [6.45, 7) is 0.333. The lowest BCUT2D eigenvalue weighted by Gasteiger charge is -2.43. The second-order valence-corrected chi connectivity index (χ2v) is 6.90. The molecule has 0 aliphatic heterocycles. The molecule has 1 heterocycles. The largest absolute Gasteiger partial charge is 0.468 e. The van der Waals surface area contributed by atoms with Gasteiger partial charge in [-0.2, -0.15) is 0 Å². The number of hydrogen-bond donors (Lipinski definition) is 2. The second-order valence-electron chi connectivity index (χ2n) is 6.90. The Labute approximate surface area is 141 Å². The van der Waals surface area contributed by atoms with Crippen LogP contribution < -0.4 is 11.1 Å². The number of aromatic nitrogens is 3. The molecule has 3 N–H and O–H groups in total. The summed E-state index contributed by atoms with van der Waals surface area (Å²) in [5, 5.41) is 10.8. The predicted molar refractivity (Wildman–Crippen MR) is 85.4 cm³/mol. The molecule has 2 atom stereocenters. The van der Waals surface area contributed by atoms with Gasteiger partial charge in [-0.1, -0.05) is 11.6 Å². The van der Waals surface area contributed by atoms with Gasteiger partial charge in [-0.05, 0) is 37.5 Å². The van der Waals surface area contributed by atoms with Gasteiger partial charge in [-0.15, -0.1) is 5.10 Å². The summed E-state index contributed by atoms with van der Waals surface area (Å²) in [6, 6.07) is 0.265. The monoisotopic (exact) mass is 335 g/mol. The Kier molecular flexibility index (Phi) is 5.13. The van der Waals surface area contributed by atoms with Crippen LogP contribution in [0.1, 0.15) is 37.8 Å². The van der Waals surface area contributed by atoms with Crippen molar-refractivity contribution in [2.24, 2.45) is 23.5 Å². The van der Waals surface area contributed by atoms with E-state index in [1.54, 1.807) is 6.20 Å². The first kappa shape index (κ1) is 16.9. The van der Waals surface area contributed by atoms with E-state index in [1.165, 1.54) is 18.2 Å². The lowest BCUT2D eigenvalue weighted by molar-refractivity contribution is -0.141. The van der Waals surface area contributed by atoms with Gasteiger partial charge in [0, 0.05) is 12.0 Å². The Hall–Kier alpha value is -1.96. The molecule has 2 bridgehead atoms. The number of esters is 1. The summed E-state index contributed by atoms with van der Waals surface area (Å²) >= 11 is 0. The fraction of sp³-hybridized carbons (Fsp3) is 0.750. The zero-order valence-corrected chi connectivity index (χ0v) is 14.0. The number of rotatable bonds is 5. The van der Waals surface area contributed by atoms with Crippen LogP contribution in [0, 0.1) is 17.8 Å². The number of fused-ring (bicyclic) bond motifs is 2. The Morgan fingerprint density at radius 2 is 2.08 bits per heavy atom. The molecule has 8 nitrogen and oxygen atoms in total. The molecule has 0 spiro atoms. The number of nitrogens with one attached hydrogen (secondary N) is 1. The van der Waals surface area contributed by atoms with Crippen molar-refractivity contribution in [3.05, 3.63) is 11.9 Å². The number of carbonyl (C=O) groups is 2. The Bertz CT molecular complexity index is 588. The number of nitrogens with two attached hydrogens (primary N) is 1. The highest BCUT2D eigenvalue weighted by atomic mass is 16.5. The van der Waals surface area contributed by atoms with Gasteiger partial charge in [-0.3, -0.25) is 9.59 Å². The van der Waals surface area contributed by atoms with E-state index in [4.69, 9.17) is 5.73 Å². The van der Waals surface area contributed by atoms with Crippen molar-refractivity contribution in [1.82, 2.24) is 20.3 Å². The van der Waals surface area contributed by atoms with Crippen LogP contribution >= 0.6 is 0 Å². The van der Waals surface area contributed by atoms with E-state index in [-0.39, 0.29) is 30.4 Å². The smallest absolute Gasteiger partial charge is 0.327 e. The SMILES string of the molecule is COC(=O)Cn1cc(CNC(=O)C2CC3CCCC(C2)C3N)nn1. The van der Waals surface area contributed by atoms with E-state index in [0.29, 0.717) is 24.1 Å². The molecule has 1 aromatic heterocycles. The third-order valence-electron chi connectivity index (χ3n) is 5.33. The topological polar surface area (TPSA) is 112 Å². The first-order valence-corrected chi connectivity index (χ1v) is 8.56. The fourth-order valence-electron chi connectivity index (χ4n) is 4.02. The van der Waals surface area contributed by atoms with Gasteiger partial charge in [0.25, 0.3) is 0 Å². The molecule has 2 saturated carbocycles. The van der Waals surface area contributed by atoms with Crippen LogP contribution in [-0.2, 0) is 27.4 Å². The first-order valence-electron chi connectivity index (χ1n) is 8.56. The minimum atomic E-state index is -0.388. The summed E-state index contributed by atoms with van der Waals surface area (Å²) < 4.78 is 5.98. The van der Waals surface area contributed by atoms with E-state index >= 15 is 0 Å². The molecule has 8 heteroatoms. The molecule has 132 valence electrons.